The number of hydrogen-bond donors (Lipinski definition) is 3. The van der Waals surface area contributed by atoms with Crippen LogP contribution in [0.15, 0.2) is 109 Å². The molecule has 1 saturated heterocycles. The van der Waals surface area contributed by atoms with Crippen molar-refractivity contribution in [3.8, 4) is 0 Å². The summed E-state index contributed by atoms with van der Waals surface area (Å²) in [7, 11) is 0. The number of carboxylic acids is 1. The molecule has 12 nitrogen and oxygen atoms in total. The standard InChI is InChI=1S/C67H108O12/c1-4-7-10-13-16-19-22-25-27-29-30-32-33-36-38-41-44-47-50-53-59(68)75-56-58(77-60(69)54-51-48-45-42-40-37-34-31-28-26-23-20-17-14-11-8-5-2)57-76-67-65(63(72)62(71)64(79-67)66(73)74)78-61(70)55-52-49-46-43-39-35-24-21-18-15-12-9-6-3/h7,9-10,12,16,18-19,21,25-28,30,32,35,39,46,49,58,62-65,67,71-72H,4-6,8,11,13-15,17,20,22-24,29,31,33-34,36-38,40-45,47-48,50-57H2,1-3H3,(H,73,74)/b10-7-,12-9-,19-16-,21-18-,27-25-,28-26-,32-30-,39-35-,49-46-. The quantitative estimate of drug-likeness (QED) is 0.0228. The third-order valence-corrected chi connectivity index (χ3v) is 13.3. The van der Waals surface area contributed by atoms with Crippen molar-refractivity contribution in [1.82, 2.24) is 0 Å². The molecule has 1 rings (SSSR count). The fraction of sp³-hybridized carbons (Fsp3) is 0.672. The van der Waals surface area contributed by atoms with Crippen molar-refractivity contribution in [2.45, 2.75) is 276 Å². The zero-order valence-electron chi connectivity index (χ0n) is 49.3. The first kappa shape index (κ1) is 72.4. The van der Waals surface area contributed by atoms with Crippen LogP contribution in [0.2, 0.25) is 0 Å². The Labute approximate surface area is 478 Å². The van der Waals surface area contributed by atoms with Gasteiger partial charge >= 0.3 is 23.9 Å². The average Bonchev–Trinajstić information content (AvgIpc) is 3.44. The maximum Gasteiger partial charge on any atom is 0.335 e. The SMILES string of the molecule is CC/C=C\C/C=C\C/C=C\C/C=C\CCCCCCCCC(=O)OCC(COC1OC(C(=O)O)C(O)C(O)C1OC(=O)CC/C=C\C/C=C\C/C=C\C/C=C\CC)OC(=O)CCCCCCCCC/C=C\CCCCCCCC. The first-order valence-electron chi connectivity index (χ1n) is 30.9. The molecular formula is C67H108O12. The molecule has 0 aromatic rings. The molecule has 79 heavy (non-hydrogen) atoms. The predicted molar refractivity (Wildman–Crippen MR) is 321 cm³/mol. The zero-order chi connectivity index (χ0) is 57.5. The summed E-state index contributed by atoms with van der Waals surface area (Å²) in [6, 6.07) is 0. The molecule has 0 spiro atoms. The Balaban J connectivity index is 2.72. The molecule has 448 valence electrons. The molecule has 0 bridgehead atoms. The van der Waals surface area contributed by atoms with Crippen molar-refractivity contribution in [3.63, 3.8) is 0 Å². The lowest BCUT2D eigenvalue weighted by atomic mass is 9.98. The van der Waals surface area contributed by atoms with E-state index in [0.29, 0.717) is 25.7 Å². The number of hydrogen-bond acceptors (Lipinski definition) is 11. The van der Waals surface area contributed by atoms with E-state index in [0.717, 1.165) is 116 Å². The third kappa shape index (κ3) is 43.8. The van der Waals surface area contributed by atoms with E-state index in [1.807, 2.05) is 18.2 Å². The summed E-state index contributed by atoms with van der Waals surface area (Å²) in [6.07, 6.45) is 60.7. The third-order valence-electron chi connectivity index (χ3n) is 13.3. The number of esters is 3. The minimum Gasteiger partial charge on any atom is -0.479 e. The highest BCUT2D eigenvalue weighted by Gasteiger charge is 2.50. The van der Waals surface area contributed by atoms with Crippen LogP contribution in [0.1, 0.15) is 239 Å². The van der Waals surface area contributed by atoms with Crippen molar-refractivity contribution in [1.29, 1.82) is 0 Å². The molecule has 0 saturated carbocycles. The van der Waals surface area contributed by atoms with Crippen molar-refractivity contribution in [3.05, 3.63) is 109 Å². The summed E-state index contributed by atoms with van der Waals surface area (Å²) >= 11 is 0. The number of allylic oxidation sites excluding steroid dienone is 18. The van der Waals surface area contributed by atoms with Crippen LogP contribution in [0, 0.1) is 0 Å². The number of carbonyl (C=O) groups is 4. The second-order valence-electron chi connectivity index (χ2n) is 20.6. The number of carbonyl (C=O) groups excluding carboxylic acids is 3. The Morgan fingerprint density at radius 2 is 0.823 bits per heavy atom. The van der Waals surface area contributed by atoms with Crippen LogP contribution < -0.4 is 0 Å². The molecule has 12 heteroatoms. The van der Waals surface area contributed by atoms with E-state index in [1.165, 1.54) is 57.8 Å². The molecule has 1 aliphatic heterocycles. The Morgan fingerprint density at radius 1 is 0.430 bits per heavy atom. The van der Waals surface area contributed by atoms with Gasteiger partial charge in [0.05, 0.1) is 6.61 Å². The summed E-state index contributed by atoms with van der Waals surface area (Å²) in [5.41, 5.74) is 0. The van der Waals surface area contributed by atoms with E-state index >= 15 is 0 Å². The predicted octanol–water partition coefficient (Wildman–Crippen LogP) is 16.2. The normalized spacial score (nSPS) is 18.6. The molecule has 6 atom stereocenters. The van der Waals surface area contributed by atoms with E-state index in [9.17, 15) is 34.5 Å². The molecule has 1 aliphatic rings. The summed E-state index contributed by atoms with van der Waals surface area (Å²) in [6.45, 7) is 5.71. The Hall–Kier alpha value is -4.62. The summed E-state index contributed by atoms with van der Waals surface area (Å²) < 4.78 is 28.4. The Bertz CT molecular complexity index is 1790. The van der Waals surface area contributed by atoms with Crippen molar-refractivity contribution in [2.75, 3.05) is 13.2 Å². The van der Waals surface area contributed by atoms with Crippen molar-refractivity contribution < 1.29 is 58.2 Å². The number of unbranched alkanes of at least 4 members (excludes halogenated alkanes) is 19. The van der Waals surface area contributed by atoms with Gasteiger partial charge in [0.2, 0.25) is 0 Å². The maximum absolute atomic E-state index is 13.2. The number of ether oxygens (including phenoxy) is 5. The van der Waals surface area contributed by atoms with Crippen LogP contribution in [0.4, 0.5) is 0 Å². The van der Waals surface area contributed by atoms with Crippen molar-refractivity contribution >= 4 is 23.9 Å². The van der Waals surface area contributed by atoms with E-state index in [4.69, 9.17) is 23.7 Å². The first-order chi connectivity index (χ1) is 38.6. The minimum atomic E-state index is -1.93. The molecule has 0 aromatic carbocycles. The molecule has 0 radical (unpaired) electrons. The van der Waals surface area contributed by atoms with E-state index < -0.39 is 67.3 Å². The largest absolute Gasteiger partial charge is 0.479 e. The van der Waals surface area contributed by atoms with Gasteiger partial charge in [0.1, 0.15) is 18.8 Å². The number of aliphatic carboxylic acids is 1. The van der Waals surface area contributed by atoms with Gasteiger partial charge in [-0.3, -0.25) is 14.4 Å². The van der Waals surface area contributed by atoms with Crippen LogP contribution in [0.25, 0.3) is 0 Å². The highest BCUT2D eigenvalue weighted by molar-refractivity contribution is 5.74. The Morgan fingerprint density at radius 3 is 1.28 bits per heavy atom. The van der Waals surface area contributed by atoms with E-state index in [-0.39, 0.29) is 25.9 Å². The fourth-order valence-electron chi connectivity index (χ4n) is 8.66. The van der Waals surface area contributed by atoms with Crippen LogP contribution in [0.3, 0.4) is 0 Å². The second kappa shape index (κ2) is 54.0. The van der Waals surface area contributed by atoms with Gasteiger partial charge in [-0.2, -0.15) is 0 Å². The summed E-state index contributed by atoms with van der Waals surface area (Å²) in [5.74, 6) is -3.26. The number of aliphatic hydroxyl groups is 2. The number of carboxylic acid groups (broad SMARTS) is 1. The van der Waals surface area contributed by atoms with Gasteiger partial charge < -0.3 is 39.0 Å². The van der Waals surface area contributed by atoms with Crippen LogP contribution in [-0.4, -0.2) is 89.2 Å². The maximum atomic E-state index is 13.2. The molecule has 1 fully saturated rings. The van der Waals surface area contributed by atoms with Gasteiger partial charge in [-0.05, 0) is 109 Å². The van der Waals surface area contributed by atoms with Crippen LogP contribution in [0.5, 0.6) is 0 Å². The van der Waals surface area contributed by atoms with Crippen LogP contribution in [-0.2, 0) is 42.9 Å². The smallest absolute Gasteiger partial charge is 0.335 e. The lowest BCUT2D eigenvalue weighted by Gasteiger charge is -2.40. The molecule has 0 aliphatic carbocycles. The van der Waals surface area contributed by atoms with E-state index in [2.05, 4.69) is 112 Å². The number of aliphatic hydroxyl groups excluding tert-OH is 2. The second-order valence-corrected chi connectivity index (χ2v) is 20.6. The van der Waals surface area contributed by atoms with Gasteiger partial charge in [0.25, 0.3) is 0 Å². The minimum absolute atomic E-state index is 0.0670. The van der Waals surface area contributed by atoms with Crippen LogP contribution >= 0.6 is 0 Å². The van der Waals surface area contributed by atoms with Gasteiger partial charge in [0.15, 0.2) is 24.6 Å². The molecule has 0 amide bonds. The lowest BCUT2D eigenvalue weighted by molar-refractivity contribution is -0.301. The first-order valence-corrected chi connectivity index (χ1v) is 30.9. The summed E-state index contributed by atoms with van der Waals surface area (Å²) in [4.78, 5) is 51.2. The van der Waals surface area contributed by atoms with Crippen molar-refractivity contribution in [2.24, 2.45) is 0 Å². The molecular weight excluding hydrogens is 997 g/mol. The highest BCUT2D eigenvalue weighted by atomic mass is 16.7. The highest BCUT2D eigenvalue weighted by Crippen LogP contribution is 2.26. The van der Waals surface area contributed by atoms with Gasteiger partial charge in [0, 0.05) is 19.3 Å². The fourth-order valence-corrected chi connectivity index (χ4v) is 8.66. The zero-order valence-corrected chi connectivity index (χ0v) is 49.3. The average molecular weight is 1110 g/mol. The monoisotopic (exact) mass is 1100 g/mol. The molecule has 0 aromatic heterocycles. The van der Waals surface area contributed by atoms with Gasteiger partial charge in [-0.25, -0.2) is 4.79 Å². The molecule has 1 heterocycles. The molecule has 6 unspecified atom stereocenters. The van der Waals surface area contributed by atoms with Gasteiger partial charge in [-0.15, -0.1) is 0 Å². The molecule has 3 N–H and O–H groups in total. The van der Waals surface area contributed by atoms with E-state index in [1.54, 1.807) is 0 Å². The number of rotatable bonds is 51. The Kier molecular flexibility index (Phi) is 49.5. The van der Waals surface area contributed by atoms with Gasteiger partial charge in [-0.1, -0.05) is 220 Å². The topological polar surface area (TPSA) is 175 Å². The summed E-state index contributed by atoms with van der Waals surface area (Å²) in [5, 5.41) is 31.5. The lowest BCUT2D eigenvalue weighted by Crippen LogP contribution is -2.61.